The van der Waals surface area contributed by atoms with Crippen molar-refractivity contribution in [1.82, 2.24) is 9.96 Å². The van der Waals surface area contributed by atoms with Crippen LogP contribution in [-0.4, -0.2) is 22.2 Å². The van der Waals surface area contributed by atoms with Crippen molar-refractivity contribution in [3.63, 3.8) is 0 Å². The van der Waals surface area contributed by atoms with Gasteiger partial charge in [-0.05, 0) is 18.6 Å². The molecule has 1 fully saturated rings. The van der Waals surface area contributed by atoms with Gasteiger partial charge < -0.3 is 9.96 Å². The Kier molecular flexibility index (Phi) is 4.88. The van der Waals surface area contributed by atoms with Crippen LogP contribution in [0.25, 0.3) is 0 Å². The number of hydrogen-bond donors (Lipinski definition) is 2. The van der Waals surface area contributed by atoms with Gasteiger partial charge in [-0.3, -0.25) is 0 Å². The summed E-state index contributed by atoms with van der Waals surface area (Å²) >= 11 is 0. The largest absolute Gasteiger partial charge is 0.328 e. The molecule has 0 aromatic heterocycles. The molecule has 0 bridgehead atoms. The Morgan fingerprint density at radius 2 is 1.58 bits per heavy atom. The van der Waals surface area contributed by atoms with Crippen LogP contribution < -0.4 is 9.96 Å². The van der Waals surface area contributed by atoms with E-state index >= 15 is 0 Å². The zero-order chi connectivity index (χ0) is 8.81. The normalized spacial score (nSPS) is 19.2. The maximum absolute atomic E-state index is 3.65. The van der Waals surface area contributed by atoms with E-state index < -0.39 is 9.12 Å². The molecule has 0 amide bonds. The van der Waals surface area contributed by atoms with Crippen molar-refractivity contribution >= 4 is 9.12 Å². The third-order valence-corrected chi connectivity index (χ3v) is 6.02. The quantitative estimate of drug-likeness (QED) is 0.634. The topological polar surface area (TPSA) is 24.1 Å². The molecule has 0 heterocycles. The molecule has 2 nitrogen and oxygen atoms in total. The summed E-state index contributed by atoms with van der Waals surface area (Å²) in [5.74, 6) is 0. The molecule has 0 atom stereocenters. The molecular formula is C9H22N2Si. The number of hydrogen-bond acceptors (Lipinski definition) is 2. The van der Waals surface area contributed by atoms with Gasteiger partial charge in [0.25, 0.3) is 0 Å². The van der Waals surface area contributed by atoms with Gasteiger partial charge in [0.1, 0.15) is 0 Å². The summed E-state index contributed by atoms with van der Waals surface area (Å²) in [5.41, 5.74) is 1.02. The molecule has 1 aliphatic carbocycles. The molecule has 0 saturated heterocycles. The monoisotopic (exact) mass is 186 g/mol. The Morgan fingerprint density at radius 3 is 2.00 bits per heavy atom. The van der Waals surface area contributed by atoms with E-state index in [0.29, 0.717) is 0 Å². The van der Waals surface area contributed by atoms with Crippen molar-refractivity contribution in [1.29, 1.82) is 0 Å². The Bertz CT molecular complexity index is 107. The molecule has 0 spiro atoms. The first-order valence-corrected chi connectivity index (χ1v) is 7.17. The second kappa shape index (κ2) is 5.73. The van der Waals surface area contributed by atoms with E-state index in [-0.39, 0.29) is 0 Å². The van der Waals surface area contributed by atoms with Crippen molar-refractivity contribution < 1.29 is 0 Å². The summed E-state index contributed by atoms with van der Waals surface area (Å²) < 4.78 is 0. The lowest BCUT2D eigenvalue weighted by Crippen LogP contribution is -2.50. The van der Waals surface area contributed by atoms with Crippen LogP contribution in [0.2, 0.25) is 5.54 Å². The summed E-state index contributed by atoms with van der Waals surface area (Å²) in [7, 11) is -0.786. The van der Waals surface area contributed by atoms with Gasteiger partial charge >= 0.3 is 0 Å². The molecule has 12 heavy (non-hydrogen) atoms. The maximum atomic E-state index is 3.65. The second-order valence-electron chi connectivity index (χ2n) is 3.64. The van der Waals surface area contributed by atoms with E-state index in [1.165, 1.54) is 25.7 Å². The van der Waals surface area contributed by atoms with E-state index in [9.17, 15) is 0 Å². The molecule has 0 aliphatic heterocycles. The van der Waals surface area contributed by atoms with Gasteiger partial charge in [0.15, 0.2) is 9.12 Å². The van der Waals surface area contributed by atoms with E-state index in [1.54, 1.807) is 0 Å². The van der Waals surface area contributed by atoms with Gasteiger partial charge in [0, 0.05) is 0 Å². The van der Waals surface area contributed by atoms with Crippen molar-refractivity contribution in [3.8, 4) is 0 Å². The fourth-order valence-corrected chi connectivity index (χ4v) is 4.96. The third kappa shape index (κ3) is 2.88. The molecular weight excluding hydrogens is 164 g/mol. The Hall–Kier alpha value is 0.137. The summed E-state index contributed by atoms with van der Waals surface area (Å²) in [6.45, 7) is 6.71. The molecule has 2 N–H and O–H groups in total. The van der Waals surface area contributed by atoms with E-state index in [1.807, 2.05) is 0 Å². The first-order valence-electron chi connectivity index (χ1n) is 5.35. The molecule has 3 heteroatoms. The molecule has 0 aromatic carbocycles. The highest BCUT2D eigenvalue weighted by Gasteiger charge is 2.25. The van der Waals surface area contributed by atoms with Crippen LogP contribution in [0, 0.1) is 0 Å². The lowest BCUT2D eigenvalue weighted by Gasteiger charge is -2.22. The minimum absolute atomic E-state index is 0.786. The van der Waals surface area contributed by atoms with Crippen molar-refractivity contribution in [2.24, 2.45) is 0 Å². The number of rotatable bonds is 5. The highest BCUT2D eigenvalue weighted by Crippen LogP contribution is 2.30. The van der Waals surface area contributed by atoms with Crippen LogP contribution >= 0.6 is 0 Å². The lowest BCUT2D eigenvalue weighted by molar-refractivity contribution is 0.767. The third-order valence-electron chi connectivity index (χ3n) is 2.72. The van der Waals surface area contributed by atoms with Gasteiger partial charge in [-0.25, -0.2) is 0 Å². The van der Waals surface area contributed by atoms with Crippen molar-refractivity contribution in [3.05, 3.63) is 0 Å². The zero-order valence-corrected chi connectivity index (χ0v) is 9.55. The highest BCUT2D eigenvalue weighted by molar-refractivity contribution is 6.55. The summed E-state index contributed by atoms with van der Waals surface area (Å²) in [5, 5.41) is 0. The predicted octanol–water partition coefficient (Wildman–Crippen LogP) is 1.37. The average Bonchev–Trinajstić information content (AvgIpc) is 2.56. The highest BCUT2D eigenvalue weighted by atomic mass is 28.3. The second-order valence-corrected chi connectivity index (χ2v) is 6.35. The van der Waals surface area contributed by atoms with Gasteiger partial charge in [-0.15, -0.1) is 0 Å². The fraction of sp³-hybridized carbons (Fsp3) is 1.00. The minimum atomic E-state index is -0.786. The lowest BCUT2D eigenvalue weighted by atomic mass is 10.4. The molecule has 72 valence electrons. The smallest absolute Gasteiger partial charge is 0.187 e. The van der Waals surface area contributed by atoms with Crippen LogP contribution in [0.4, 0.5) is 0 Å². The SMILES string of the molecule is CCN[SiH](NCC)C1CCCC1. The van der Waals surface area contributed by atoms with Crippen LogP contribution in [0.3, 0.4) is 0 Å². The Morgan fingerprint density at radius 1 is 1.08 bits per heavy atom. The first kappa shape index (κ1) is 10.2. The zero-order valence-electron chi connectivity index (χ0n) is 8.40. The van der Waals surface area contributed by atoms with E-state index in [2.05, 4.69) is 23.8 Å². The Balaban J connectivity index is 2.29. The van der Waals surface area contributed by atoms with E-state index in [4.69, 9.17) is 0 Å². The van der Waals surface area contributed by atoms with Crippen LogP contribution in [-0.2, 0) is 0 Å². The molecule has 0 radical (unpaired) electrons. The standard InChI is InChI=1S/C9H22N2Si/c1-3-10-12(11-4-2)9-7-5-6-8-9/h9-12H,3-8H2,1-2H3. The van der Waals surface area contributed by atoms with Gasteiger partial charge in [-0.2, -0.15) is 0 Å². The summed E-state index contributed by atoms with van der Waals surface area (Å²) in [6.07, 6.45) is 5.86. The maximum Gasteiger partial charge on any atom is 0.187 e. The molecule has 1 saturated carbocycles. The van der Waals surface area contributed by atoms with E-state index in [0.717, 1.165) is 18.6 Å². The number of nitrogens with one attached hydrogen (secondary N) is 2. The minimum Gasteiger partial charge on any atom is -0.328 e. The first-order chi connectivity index (χ1) is 5.88. The summed E-state index contributed by atoms with van der Waals surface area (Å²) in [6, 6.07) is 0. The Labute approximate surface area is 77.9 Å². The van der Waals surface area contributed by atoms with Gasteiger partial charge in [-0.1, -0.05) is 39.5 Å². The van der Waals surface area contributed by atoms with Crippen LogP contribution in [0.15, 0.2) is 0 Å². The van der Waals surface area contributed by atoms with Crippen molar-refractivity contribution in [2.75, 3.05) is 13.1 Å². The molecule has 0 unspecified atom stereocenters. The predicted molar refractivity (Wildman–Crippen MR) is 56.7 cm³/mol. The molecule has 0 aromatic rings. The van der Waals surface area contributed by atoms with Crippen molar-refractivity contribution in [2.45, 2.75) is 45.1 Å². The average molecular weight is 186 g/mol. The van der Waals surface area contributed by atoms with Crippen LogP contribution in [0.1, 0.15) is 39.5 Å². The van der Waals surface area contributed by atoms with Gasteiger partial charge in [0.2, 0.25) is 0 Å². The summed E-state index contributed by atoms with van der Waals surface area (Å²) in [4.78, 5) is 7.31. The van der Waals surface area contributed by atoms with Gasteiger partial charge in [0.05, 0.1) is 0 Å². The molecule has 1 rings (SSSR count). The fourth-order valence-electron chi connectivity index (χ4n) is 2.14. The van der Waals surface area contributed by atoms with Crippen LogP contribution in [0.5, 0.6) is 0 Å². The molecule has 1 aliphatic rings.